The molecule has 0 spiro atoms. The van der Waals surface area contributed by atoms with Crippen LogP contribution in [-0.4, -0.2) is 45.2 Å². The van der Waals surface area contributed by atoms with Crippen LogP contribution in [0.5, 0.6) is 0 Å². The average molecular weight is 476 g/mol. The van der Waals surface area contributed by atoms with Gasteiger partial charge in [-0.15, -0.1) is 24.0 Å². The minimum absolute atomic E-state index is 0. The third-order valence-corrected chi connectivity index (χ3v) is 3.59. The van der Waals surface area contributed by atoms with Gasteiger partial charge >= 0.3 is 0 Å². The number of aliphatic imine (C=N–C) groups is 1. The lowest BCUT2D eigenvalue weighted by molar-refractivity contribution is 0.0963. The first-order valence-electron chi connectivity index (χ1n) is 8.97. The summed E-state index contributed by atoms with van der Waals surface area (Å²) < 4.78 is 5.60. The fraction of sp³-hybridized carbons (Fsp3) is 0.579. The van der Waals surface area contributed by atoms with Crippen LogP contribution < -0.4 is 16.0 Å². The molecule has 6 nitrogen and oxygen atoms in total. The van der Waals surface area contributed by atoms with E-state index in [1.165, 1.54) is 0 Å². The van der Waals surface area contributed by atoms with E-state index in [0.29, 0.717) is 24.6 Å². The Balaban J connectivity index is 0.00000625. The molecule has 0 fully saturated rings. The van der Waals surface area contributed by atoms with Crippen molar-refractivity contribution in [3.8, 4) is 0 Å². The normalized spacial score (nSPS) is 11.0. The maximum atomic E-state index is 11.5. The Morgan fingerprint density at radius 1 is 1.15 bits per heavy atom. The maximum Gasteiger partial charge on any atom is 0.251 e. The molecule has 0 aliphatic heterocycles. The third-order valence-electron chi connectivity index (χ3n) is 3.59. The van der Waals surface area contributed by atoms with Crippen molar-refractivity contribution in [2.24, 2.45) is 10.9 Å². The van der Waals surface area contributed by atoms with Gasteiger partial charge in [0.15, 0.2) is 5.96 Å². The van der Waals surface area contributed by atoms with Crippen LogP contribution >= 0.6 is 24.0 Å². The summed E-state index contributed by atoms with van der Waals surface area (Å²) >= 11 is 0. The lowest BCUT2D eigenvalue weighted by atomic mass is 10.1. The van der Waals surface area contributed by atoms with Crippen molar-refractivity contribution >= 4 is 35.8 Å². The number of carbonyl (C=O) groups excluding carboxylic acids is 1. The van der Waals surface area contributed by atoms with Gasteiger partial charge in [0.05, 0.1) is 13.2 Å². The molecule has 0 aliphatic rings. The molecular weight excluding hydrogens is 443 g/mol. The lowest BCUT2D eigenvalue weighted by Crippen LogP contribution is -2.39. The van der Waals surface area contributed by atoms with Gasteiger partial charge in [0.1, 0.15) is 0 Å². The zero-order valence-electron chi connectivity index (χ0n) is 16.3. The standard InChI is InChI=1S/C19H32N4O2.HI/c1-5-21-19(22-11-13-25-12-10-15(2)3)23-14-16-6-8-17(9-7-16)18(24)20-4;/h6-9,15H,5,10-14H2,1-4H3,(H,20,24)(H2,21,22,23);1H. The quantitative estimate of drug-likeness (QED) is 0.210. The van der Waals surface area contributed by atoms with Crippen molar-refractivity contribution in [1.29, 1.82) is 0 Å². The summed E-state index contributed by atoms with van der Waals surface area (Å²) in [5.74, 6) is 1.36. The van der Waals surface area contributed by atoms with E-state index in [9.17, 15) is 4.79 Å². The third kappa shape index (κ3) is 10.6. The first-order valence-corrected chi connectivity index (χ1v) is 8.97. The Hall–Kier alpha value is -1.35. The van der Waals surface area contributed by atoms with Crippen LogP contribution in [0.2, 0.25) is 0 Å². The van der Waals surface area contributed by atoms with Gasteiger partial charge in [-0.05, 0) is 37.0 Å². The second-order valence-corrected chi connectivity index (χ2v) is 6.19. The Morgan fingerprint density at radius 3 is 2.42 bits per heavy atom. The molecule has 0 atom stereocenters. The van der Waals surface area contributed by atoms with Crippen LogP contribution in [0, 0.1) is 5.92 Å². The second kappa shape index (κ2) is 14.8. The van der Waals surface area contributed by atoms with Crippen LogP contribution in [0.25, 0.3) is 0 Å². The SMILES string of the molecule is CCNC(=NCc1ccc(C(=O)NC)cc1)NCCOCCC(C)C.I. The molecule has 3 N–H and O–H groups in total. The van der Waals surface area contributed by atoms with Gasteiger partial charge in [-0.2, -0.15) is 0 Å². The van der Waals surface area contributed by atoms with Crippen LogP contribution in [0.4, 0.5) is 0 Å². The molecule has 0 unspecified atom stereocenters. The predicted molar refractivity (Wildman–Crippen MR) is 118 cm³/mol. The first kappa shape index (κ1) is 24.7. The van der Waals surface area contributed by atoms with E-state index in [0.717, 1.165) is 37.6 Å². The van der Waals surface area contributed by atoms with Crippen molar-refractivity contribution in [1.82, 2.24) is 16.0 Å². The van der Waals surface area contributed by atoms with Gasteiger partial charge in [-0.1, -0.05) is 26.0 Å². The summed E-state index contributed by atoms with van der Waals surface area (Å²) in [5, 5.41) is 9.10. The molecule has 1 aromatic carbocycles. The highest BCUT2D eigenvalue weighted by molar-refractivity contribution is 14.0. The lowest BCUT2D eigenvalue weighted by Gasteiger charge is -2.12. The second-order valence-electron chi connectivity index (χ2n) is 6.19. The average Bonchev–Trinajstić information content (AvgIpc) is 2.62. The summed E-state index contributed by atoms with van der Waals surface area (Å²) in [6, 6.07) is 7.47. The number of hydrogen-bond donors (Lipinski definition) is 3. The minimum atomic E-state index is -0.0810. The number of nitrogens with zero attached hydrogens (tertiary/aromatic N) is 1. The van der Waals surface area contributed by atoms with Gasteiger partial charge in [0.2, 0.25) is 0 Å². The molecule has 1 aromatic rings. The summed E-state index contributed by atoms with van der Waals surface area (Å²) in [4.78, 5) is 16.1. The van der Waals surface area contributed by atoms with Crippen molar-refractivity contribution in [2.45, 2.75) is 33.7 Å². The zero-order valence-corrected chi connectivity index (χ0v) is 18.6. The molecule has 148 valence electrons. The predicted octanol–water partition coefficient (Wildman–Crippen LogP) is 2.78. The van der Waals surface area contributed by atoms with Crippen LogP contribution in [-0.2, 0) is 11.3 Å². The van der Waals surface area contributed by atoms with Gasteiger partial charge in [-0.25, -0.2) is 4.99 Å². The Bertz CT molecular complexity index is 533. The van der Waals surface area contributed by atoms with Crippen LogP contribution in [0.3, 0.4) is 0 Å². The van der Waals surface area contributed by atoms with Crippen LogP contribution in [0.15, 0.2) is 29.3 Å². The molecule has 1 rings (SSSR count). The number of guanidine groups is 1. The summed E-state index contributed by atoms with van der Waals surface area (Å²) in [6.45, 7) is 9.96. The number of amides is 1. The molecule has 0 saturated heterocycles. The highest BCUT2D eigenvalue weighted by Gasteiger charge is 2.02. The number of rotatable bonds is 10. The van der Waals surface area contributed by atoms with E-state index in [1.807, 2.05) is 31.2 Å². The van der Waals surface area contributed by atoms with E-state index in [-0.39, 0.29) is 29.9 Å². The molecule has 0 bridgehead atoms. The molecule has 0 aromatic heterocycles. The largest absolute Gasteiger partial charge is 0.380 e. The fourth-order valence-electron chi connectivity index (χ4n) is 2.08. The Kier molecular flexibility index (Phi) is 14.0. The number of halogens is 1. The Morgan fingerprint density at radius 2 is 1.85 bits per heavy atom. The number of carbonyl (C=O) groups is 1. The van der Waals surface area contributed by atoms with Gasteiger partial charge in [0.25, 0.3) is 5.91 Å². The molecule has 0 heterocycles. The van der Waals surface area contributed by atoms with Crippen molar-refractivity contribution in [3.63, 3.8) is 0 Å². The summed E-state index contributed by atoms with van der Waals surface area (Å²) in [7, 11) is 1.63. The molecule has 7 heteroatoms. The molecular formula is C19H33IN4O2. The zero-order chi connectivity index (χ0) is 18.5. The summed E-state index contributed by atoms with van der Waals surface area (Å²) in [5.41, 5.74) is 1.71. The Labute approximate surface area is 174 Å². The molecule has 26 heavy (non-hydrogen) atoms. The topological polar surface area (TPSA) is 74.8 Å². The fourth-order valence-corrected chi connectivity index (χ4v) is 2.08. The molecule has 0 radical (unpaired) electrons. The minimum Gasteiger partial charge on any atom is -0.380 e. The van der Waals surface area contributed by atoms with E-state index >= 15 is 0 Å². The van der Waals surface area contributed by atoms with Crippen molar-refractivity contribution in [2.75, 3.05) is 33.4 Å². The van der Waals surface area contributed by atoms with E-state index in [1.54, 1.807) is 7.05 Å². The van der Waals surface area contributed by atoms with Gasteiger partial charge in [-0.3, -0.25) is 4.79 Å². The van der Waals surface area contributed by atoms with E-state index in [4.69, 9.17) is 4.74 Å². The van der Waals surface area contributed by atoms with Gasteiger partial charge < -0.3 is 20.7 Å². The number of benzene rings is 1. The number of ether oxygens (including phenoxy) is 1. The molecule has 0 saturated carbocycles. The number of hydrogen-bond acceptors (Lipinski definition) is 3. The molecule has 1 amide bonds. The van der Waals surface area contributed by atoms with Crippen molar-refractivity contribution < 1.29 is 9.53 Å². The summed E-state index contributed by atoms with van der Waals surface area (Å²) in [6.07, 6.45) is 1.08. The van der Waals surface area contributed by atoms with E-state index in [2.05, 4.69) is 34.8 Å². The monoisotopic (exact) mass is 476 g/mol. The first-order chi connectivity index (χ1) is 12.1. The maximum absolute atomic E-state index is 11.5. The smallest absolute Gasteiger partial charge is 0.251 e. The van der Waals surface area contributed by atoms with Crippen LogP contribution in [0.1, 0.15) is 43.1 Å². The van der Waals surface area contributed by atoms with E-state index < -0.39 is 0 Å². The molecule has 0 aliphatic carbocycles. The number of nitrogens with one attached hydrogen (secondary N) is 3. The van der Waals surface area contributed by atoms with Crippen molar-refractivity contribution in [3.05, 3.63) is 35.4 Å². The highest BCUT2D eigenvalue weighted by Crippen LogP contribution is 2.05. The van der Waals surface area contributed by atoms with Gasteiger partial charge in [0, 0.05) is 32.3 Å². The highest BCUT2D eigenvalue weighted by atomic mass is 127.